The predicted molar refractivity (Wildman–Crippen MR) is 140 cm³/mol. The highest BCUT2D eigenvalue weighted by molar-refractivity contribution is 6.02. The van der Waals surface area contributed by atoms with Gasteiger partial charge in [-0.25, -0.2) is 9.38 Å². The van der Waals surface area contributed by atoms with Crippen LogP contribution >= 0.6 is 0 Å². The zero-order valence-electron chi connectivity index (χ0n) is 20.9. The molecule has 0 saturated heterocycles. The third kappa shape index (κ3) is 4.81. The van der Waals surface area contributed by atoms with Crippen LogP contribution in [0.4, 0.5) is 4.39 Å². The number of ether oxygens (including phenoxy) is 1. The summed E-state index contributed by atoms with van der Waals surface area (Å²) in [6.07, 6.45) is 4.18. The maximum atomic E-state index is 13.8. The van der Waals surface area contributed by atoms with E-state index in [4.69, 9.17) is 4.74 Å². The molecule has 6 heteroatoms. The Balaban J connectivity index is 1.62. The molecule has 0 aliphatic carbocycles. The van der Waals surface area contributed by atoms with Gasteiger partial charge in [0.25, 0.3) is 0 Å². The molecular weight excluding hydrogens is 453 g/mol. The Bertz CT molecular complexity index is 1440. The van der Waals surface area contributed by atoms with Crippen molar-refractivity contribution in [2.75, 3.05) is 6.61 Å². The van der Waals surface area contributed by atoms with E-state index in [-0.39, 0.29) is 24.3 Å². The largest absolute Gasteiger partial charge is 0.475 e. The SMILES string of the molecule is CC(C)c1c(Cc2ccccc2)c2ccc(C3=N[C@H](C)CO3)cc2n1C(=O)CCc1cncc(F)c1. The quantitative estimate of drug-likeness (QED) is 0.309. The number of aliphatic imine (C=N–C) groups is 1. The molecule has 3 heterocycles. The monoisotopic (exact) mass is 483 g/mol. The van der Waals surface area contributed by atoms with E-state index in [1.807, 2.05) is 41.8 Å². The van der Waals surface area contributed by atoms with Crippen molar-refractivity contribution in [1.29, 1.82) is 0 Å². The molecule has 2 aromatic carbocycles. The van der Waals surface area contributed by atoms with Crippen LogP contribution in [0.5, 0.6) is 0 Å². The smallest absolute Gasteiger partial charge is 0.231 e. The molecule has 2 aromatic heterocycles. The number of benzene rings is 2. The summed E-state index contributed by atoms with van der Waals surface area (Å²) in [5, 5.41) is 1.05. The van der Waals surface area contributed by atoms with Crippen molar-refractivity contribution < 1.29 is 13.9 Å². The number of hydrogen-bond acceptors (Lipinski definition) is 4. The van der Waals surface area contributed by atoms with Gasteiger partial charge in [0, 0.05) is 29.3 Å². The van der Waals surface area contributed by atoms with E-state index in [1.54, 1.807) is 6.20 Å². The number of fused-ring (bicyclic) bond motifs is 1. The molecule has 0 spiro atoms. The number of aryl methyl sites for hydroxylation is 1. The Labute approximate surface area is 210 Å². The van der Waals surface area contributed by atoms with Crippen LogP contribution in [-0.4, -0.2) is 34.0 Å². The number of aromatic nitrogens is 2. The Morgan fingerprint density at radius 3 is 2.61 bits per heavy atom. The molecule has 0 amide bonds. The zero-order chi connectivity index (χ0) is 25.2. The number of pyridine rings is 1. The Kier molecular flexibility index (Phi) is 6.68. The van der Waals surface area contributed by atoms with Gasteiger partial charge in [-0.15, -0.1) is 0 Å². The van der Waals surface area contributed by atoms with Crippen molar-refractivity contribution in [3.8, 4) is 0 Å². The van der Waals surface area contributed by atoms with E-state index < -0.39 is 5.82 Å². The second-order valence-electron chi connectivity index (χ2n) is 9.75. The first-order valence-electron chi connectivity index (χ1n) is 12.5. The summed E-state index contributed by atoms with van der Waals surface area (Å²) < 4.78 is 21.3. The molecule has 4 aromatic rings. The van der Waals surface area contributed by atoms with Crippen molar-refractivity contribution in [1.82, 2.24) is 9.55 Å². The van der Waals surface area contributed by atoms with Crippen LogP contribution in [0.3, 0.4) is 0 Å². The summed E-state index contributed by atoms with van der Waals surface area (Å²) in [5.41, 5.74) is 5.79. The maximum Gasteiger partial charge on any atom is 0.231 e. The van der Waals surface area contributed by atoms with Crippen LogP contribution in [0.15, 0.2) is 72.0 Å². The summed E-state index contributed by atoms with van der Waals surface area (Å²) in [6.45, 7) is 6.82. The number of carbonyl (C=O) groups is 1. The molecule has 1 aliphatic heterocycles. The average Bonchev–Trinajstić information content (AvgIpc) is 3.44. The molecule has 1 atom stereocenters. The fourth-order valence-corrected chi connectivity index (χ4v) is 4.96. The van der Waals surface area contributed by atoms with Crippen LogP contribution in [0.2, 0.25) is 0 Å². The van der Waals surface area contributed by atoms with E-state index in [1.165, 1.54) is 17.8 Å². The summed E-state index contributed by atoms with van der Waals surface area (Å²) in [5.74, 6) is 0.327. The molecule has 0 saturated carbocycles. The topological polar surface area (TPSA) is 56.5 Å². The molecule has 0 unspecified atom stereocenters. The highest BCUT2D eigenvalue weighted by Crippen LogP contribution is 2.34. The second-order valence-corrected chi connectivity index (χ2v) is 9.75. The van der Waals surface area contributed by atoms with E-state index in [0.29, 0.717) is 24.5 Å². The van der Waals surface area contributed by atoms with Crippen molar-refractivity contribution >= 4 is 22.7 Å². The van der Waals surface area contributed by atoms with Gasteiger partial charge in [0.2, 0.25) is 11.8 Å². The van der Waals surface area contributed by atoms with Crippen LogP contribution in [0.25, 0.3) is 10.9 Å². The molecular formula is C30H30FN3O2. The first-order valence-corrected chi connectivity index (χ1v) is 12.5. The normalized spacial score (nSPS) is 15.4. The first kappa shape index (κ1) is 23.9. The fraction of sp³-hybridized carbons (Fsp3) is 0.300. The lowest BCUT2D eigenvalue weighted by atomic mass is 9.96. The van der Waals surface area contributed by atoms with Crippen molar-refractivity contribution in [3.63, 3.8) is 0 Å². The van der Waals surface area contributed by atoms with Crippen LogP contribution in [-0.2, 0) is 17.6 Å². The van der Waals surface area contributed by atoms with Crippen LogP contribution in [0, 0.1) is 5.82 Å². The molecule has 184 valence electrons. The predicted octanol–water partition coefficient (Wildman–Crippen LogP) is 6.33. The molecule has 0 N–H and O–H groups in total. The zero-order valence-corrected chi connectivity index (χ0v) is 20.9. The number of nitrogens with zero attached hydrogens (tertiary/aromatic N) is 3. The number of rotatable bonds is 7. The lowest BCUT2D eigenvalue weighted by Crippen LogP contribution is -2.16. The van der Waals surface area contributed by atoms with E-state index >= 15 is 0 Å². The summed E-state index contributed by atoms with van der Waals surface area (Å²) in [7, 11) is 0. The minimum atomic E-state index is -0.393. The van der Waals surface area contributed by atoms with Crippen LogP contribution < -0.4 is 0 Å². The van der Waals surface area contributed by atoms with Crippen molar-refractivity contribution in [2.45, 2.75) is 52.0 Å². The van der Waals surface area contributed by atoms with Gasteiger partial charge in [-0.3, -0.25) is 14.3 Å². The second kappa shape index (κ2) is 10.1. The van der Waals surface area contributed by atoms with Crippen LogP contribution in [0.1, 0.15) is 65.9 Å². The summed E-state index contributed by atoms with van der Waals surface area (Å²) in [4.78, 5) is 22.3. The standard InChI is InChI=1S/C30H30FN3O2/c1-19(2)29-26(14-21-7-5-4-6-8-21)25-11-10-23(30-33-20(3)18-36-30)15-27(25)34(29)28(35)12-9-22-13-24(31)17-32-16-22/h4-8,10-11,13,15-17,19-20H,9,12,14,18H2,1-3H3/t20-/m1/s1. The summed E-state index contributed by atoms with van der Waals surface area (Å²) in [6, 6.07) is 18.0. The molecule has 0 fully saturated rings. The molecule has 1 aliphatic rings. The van der Waals surface area contributed by atoms with Gasteiger partial charge >= 0.3 is 0 Å². The van der Waals surface area contributed by atoms with Gasteiger partial charge in [-0.1, -0.05) is 50.2 Å². The maximum absolute atomic E-state index is 13.8. The molecule has 5 nitrogen and oxygen atoms in total. The van der Waals surface area contributed by atoms with Gasteiger partial charge in [-0.05, 0) is 60.6 Å². The highest BCUT2D eigenvalue weighted by Gasteiger charge is 2.25. The number of carbonyl (C=O) groups excluding carboxylic acids is 1. The van der Waals surface area contributed by atoms with E-state index in [0.717, 1.165) is 34.1 Å². The van der Waals surface area contributed by atoms with Gasteiger partial charge in [-0.2, -0.15) is 0 Å². The third-order valence-corrected chi connectivity index (χ3v) is 6.57. The molecule has 5 rings (SSSR count). The van der Waals surface area contributed by atoms with E-state index in [2.05, 4.69) is 42.0 Å². The molecule has 0 bridgehead atoms. The fourth-order valence-electron chi connectivity index (χ4n) is 4.96. The molecule has 0 radical (unpaired) electrons. The molecule has 36 heavy (non-hydrogen) atoms. The highest BCUT2D eigenvalue weighted by atomic mass is 19.1. The van der Waals surface area contributed by atoms with E-state index in [9.17, 15) is 9.18 Å². The Morgan fingerprint density at radius 2 is 1.92 bits per heavy atom. The third-order valence-electron chi connectivity index (χ3n) is 6.57. The summed E-state index contributed by atoms with van der Waals surface area (Å²) >= 11 is 0. The number of hydrogen-bond donors (Lipinski definition) is 0. The first-order chi connectivity index (χ1) is 17.4. The van der Waals surface area contributed by atoms with Crippen molar-refractivity contribution in [3.05, 3.63) is 101 Å². The Hall–Kier alpha value is -3.80. The lowest BCUT2D eigenvalue weighted by Gasteiger charge is -2.15. The number of halogens is 1. The van der Waals surface area contributed by atoms with Gasteiger partial charge < -0.3 is 4.74 Å². The lowest BCUT2D eigenvalue weighted by molar-refractivity contribution is 0.0904. The average molecular weight is 484 g/mol. The minimum Gasteiger partial charge on any atom is -0.475 e. The van der Waals surface area contributed by atoms with Gasteiger partial charge in [0.05, 0.1) is 17.8 Å². The Morgan fingerprint density at radius 1 is 1.11 bits per heavy atom. The van der Waals surface area contributed by atoms with Crippen molar-refractivity contribution in [2.24, 2.45) is 4.99 Å². The van der Waals surface area contributed by atoms with Gasteiger partial charge in [0.1, 0.15) is 12.4 Å². The minimum absolute atomic E-state index is 0.0212. The van der Waals surface area contributed by atoms with Gasteiger partial charge in [0.15, 0.2) is 0 Å².